The fraction of sp³-hybridized carbons (Fsp3) is 0.462. The molecule has 0 saturated carbocycles. The summed E-state index contributed by atoms with van der Waals surface area (Å²) in [4.78, 5) is 11.4. The molecule has 0 radical (unpaired) electrons. The quantitative estimate of drug-likeness (QED) is 0.865. The first kappa shape index (κ1) is 18.4. The van der Waals surface area contributed by atoms with Crippen LogP contribution in [0.2, 0.25) is 0 Å². The number of alkyl halides is 3. The summed E-state index contributed by atoms with van der Waals surface area (Å²) in [5.74, 6) is -0.975. The van der Waals surface area contributed by atoms with Crippen molar-refractivity contribution >= 4 is 21.6 Å². The van der Waals surface area contributed by atoms with Gasteiger partial charge in [-0.15, -0.1) is 0 Å². The van der Waals surface area contributed by atoms with E-state index in [0.717, 1.165) is 6.07 Å². The van der Waals surface area contributed by atoms with Gasteiger partial charge in [-0.2, -0.15) is 13.2 Å². The van der Waals surface area contributed by atoms with Crippen LogP contribution in [0.3, 0.4) is 0 Å². The Balaban J connectivity index is 3.32. The molecule has 124 valence electrons. The van der Waals surface area contributed by atoms with Crippen LogP contribution in [0.15, 0.2) is 23.1 Å². The Morgan fingerprint density at radius 2 is 1.82 bits per heavy atom. The number of carbonyl (C=O) groups excluding carboxylic acids is 1. The second-order valence-corrected chi connectivity index (χ2v) is 6.29. The molecule has 0 heterocycles. The molecule has 22 heavy (non-hydrogen) atoms. The van der Waals surface area contributed by atoms with Gasteiger partial charge in [0.15, 0.2) is 0 Å². The van der Waals surface area contributed by atoms with Crippen molar-refractivity contribution in [3.63, 3.8) is 0 Å². The van der Waals surface area contributed by atoms with Gasteiger partial charge in [-0.05, 0) is 31.0 Å². The number of nitrogens with one attached hydrogen (secondary N) is 1. The summed E-state index contributed by atoms with van der Waals surface area (Å²) in [5, 5.41) is 7.21. The van der Waals surface area contributed by atoms with E-state index in [1.807, 2.05) is 0 Å². The van der Waals surface area contributed by atoms with Crippen molar-refractivity contribution in [3.05, 3.63) is 23.8 Å². The van der Waals surface area contributed by atoms with Gasteiger partial charge in [0.2, 0.25) is 15.9 Å². The lowest BCUT2D eigenvalue weighted by Crippen LogP contribution is -2.24. The largest absolute Gasteiger partial charge is 0.416 e. The lowest BCUT2D eigenvalue weighted by atomic mass is 10.0. The molecule has 0 fully saturated rings. The van der Waals surface area contributed by atoms with Crippen LogP contribution in [-0.2, 0) is 21.0 Å². The number of rotatable bonds is 5. The van der Waals surface area contributed by atoms with E-state index in [2.05, 4.69) is 5.32 Å². The maximum Gasteiger partial charge on any atom is 0.416 e. The summed E-state index contributed by atoms with van der Waals surface area (Å²) < 4.78 is 61.1. The van der Waals surface area contributed by atoms with E-state index in [1.165, 1.54) is 0 Å². The first-order chi connectivity index (χ1) is 10.0. The van der Waals surface area contributed by atoms with Gasteiger partial charge < -0.3 is 5.32 Å². The zero-order valence-corrected chi connectivity index (χ0v) is 12.9. The van der Waals surface area contributed by atoms with Crippen molar-refractivity contribution < 1.29 is 26.4 Å². The molecule has 0 atom stereocenters. The van der Waals surface area contributed by atoms with E-state index in [9.17, 15) is 26.4 Å². The highest BCUT2D eigenvalue weighted by Gasteiger charge is 2.32. The molecule has 1 aromatic carbocycles. The number of carbonyl (C=O) groups is 1. The summed E-state index contributed by atoms with van der Waals surface area (Å²) in [6.07, 6.45) is -3.71. The van der Waals surface area contributed by atoms with Gasteiger partial charge in [0, 0.05) is 5.92 Å². The molecule has 1 rings (SSSR count). The van der Waals surface area contributed by atoms with Gasteiger partial charge in [0.25, 0.3) is 0 Å². The molecule has 1 amide bonds. The Kier molecular flexibility index (Phi) is 5.58. The molecule has 0 bridgehead atoms. The summed E-state index contributed by atoms with van der Waals surface area (Å²) in [6, 6.07) is 1.91. The van der Waals surface area contributed by atoms with Crippen LogP contribution in [0.4, 0.5) is 18.9 Å². The second-order valence-electron chi connectivity index (χ2n) is 4.76. The molecule has 9 heteroatoms. The summed E-state index contributed by atoms with van der Waals surface area (Å²) in [5.41, 5.74) is -1.53. The number of halogens is 3. The minimum absolute atomic E-state index is 0.428. The van der Waals surface area contributed by atoms with Gasteiger partial charge in [0.05, 0.1) is 11.3 Å². The van der Waals surface area contributed by atoms with Crippen molar-refractivity contribution in [3.8, 4) is 0 Å². The van der Waals surface area contributed by atoms with Crippen molar-refractivity contribution in [2.24, 2.45) is 11.1 Å². The zero-order valence-electron chi connectivity index (χ0n) is 12.1. The number of sulfonamides is 1. The minimum Gasteiger partial charge on any atom is -0.325 e. The first-order valence-electron chi connectivity index (χ1n) is 6.55. The standard InChI is InChI=1S/C13H17F3N2O3S/c1-3-8(4-2)12(19)18-10-7-9(13(14,15)16)5-6-11(10)22(17,20)21/h5-8H,3-4H2,1-2H3,(H,18,19)(H2,17,20,21). The Morgan fingerprint density at radius 3 is 2.23 bits per heavy atom. The molecule has 0 spiro atoms. The average molecular weight is 338 g/mol. The lowest BCUT2D eigenvalue weighted by molar-refractivity contribution is -0.137. The number of nitrogens with two attached hydrogens (primary N) is 1. The Bertz CT molecular complexity index is 653. The van der Waals surface area contributed by atoms with Gasteiger partial charge in [-0.25, -0.2) is 13.6 Å². The molecule has 0 aliphatic rings. The Morgan fingerprint density at radius 1 is 1.27 bits per heavy atom. The Labute approximate surface area is 126 Å². The molecule has 0 aromatic heterocycles. The number of benzene rings is 1. The molecular formula is C13H17F3N2O3S. The molecule has 5 nitrogen and oxygen atoms in total. The fourth-order valence-corrected chi connectivity index (χ4v) is 2.62. The number of hydrogen-bond donors (Lipinski definition) is 2. The van der Waals surface area contributed by atoms with Gasteiger partial charge in [-0.3, -0.25) is 4.79 Å². The normalized spacial score (nSPS) is 12.5. The van der Waals surface area contributed by atoms with Gasteiger partial charge in [-0.1, -0.05) is 13.8 Å². The van der Waals surface area contributed by atoms with Crippen molar-refractivity contribution in [1.29, 1.82) is 0 Å². The molecule has 0 unspecified atom stereocenters. The highest BCUT2D eigenvalue weighted by Crippen LogP contribution is 2.33. The van der Waals surface area contributed by atoms with Crippen LogP contribution < -0.4 is 10.5 Å². The summed E-state index contributed by atoms with van der Waals surface area (Å²) in [6.45, 7) is 3.50. The highest BCUT2D eigenvalue weighted by atomic mass is 32.2. The molecule has 1 aromatic rings. The molecule has 0 aliphatic heterocycles. The zero-order chi connectivity index (χ0) is 17.1. The number of amides is 1. The molecular weight excluding hydrogens is 321 g/mol. The van der Waals surface area contributed by atoms with Crippen LogP contribution in [0.1, 0.15) is 32.3 Å². The molecule has 3 N–H and O–H groups in total. The molecule has 0 saturated heterocycles. The highest BCUT2D eigenvalue weighted by molar-refractivity contribution is 7.89. The van der Waals surface area contributed by atoms with Crippen LogP contribution in [0.5, 0.6) is 0 Å². The van der Waals surface area contributed by atoms with E-state index in [-0.39, 0.29) is 0 Å². The predicted octanol–water partition coefficient (Wildman–Crippen LogP) is 2.73. The van der Waals surface area contributed by atoms with Gasteiger partial charge in [0.1, 0.15) is 4.90 Å². The summed E-state index contributed by atoms with van der Waals surface area (Å²) >= 11 is 0. The average Bonchev–Trinajstić information content (AvgIpc) is 2.37. The maximum absolute atomic E-state index is 12.7. The van der Waals surface area contributed by atoms with Crippen molar-refractivity contribution in [2.75, 3.05) is 5.32 Å². The van der Waals surface area contributed by atoms with Gasteiger partial charge >= 0.3 is 6.18 Å². The van der Waals surface area contributed by atoms with Crippen LogP contribution in [-0.4, -0.2) is 14.3 Å². The number of hydrogen-bond acceptors (Lipinski definition) is 3. The Hall–Kier alpha value is -1.61. The van der Waals surface area contributed by atoms with Crippen molar-refractivity contribution in [1.82, 2.24) is 0 Å². The van der Waals surface area contributed by atoms with Crippen molar-refractivity contribution in [2.45, 2.75) is 37.8 Å². The van der Waals surface area contributed by atoms with E-state index >= 15 is 0 Å². The maximum atomic E-state index is 12.7. The smallest absolute Gasteiger partial charge is 0.325 e. The lowest BCUT2D eigenvalue weighted by Gasteiger charge is -2.16. The SMILES string of the molecule is CCC(CC)C(=O)Nc1cc(C(F)(F)F)ccc1S(N)(=O)=O. The third kappa shape index (κ3) is 4.44. The minimum atomic E-state index is -4.66. The van der Waals surface area contributed by atoms with E-state index in [1.54, 1.807) is 13.8 Å². The molecule has 0 aliphatic carbocycles. The van der Waals surface area contributed by atoms with E-state index in [0.29, 0.717) is 25.0 Å². The van der Waals surface area contributed by atoms with Crippen LogP contribution in [0, 0.1) is 5.92 Å². The second kappa shape index (κ2) is 6.66. The van der Waals surface area contributed by atoms with Crippen LogP contribution in [0.25, 0.3) is 0 Å². The fourth-order valence-electron chi connectivity index (χ4n) is 1.95. The summed E-state index contributed by atoms with van der Waals surface area (Å²) in [7, 11) is -4.26. The number of primary sulfonamides is 1. The monoisotopic (exact) mass is 338 g/mol. The van der Waals surface area contributed by atoms with E-state index < -0.39 is 44.2 Å². The van der Waals surface area contributed by atoms with E-state index in [4.69, 9.17) is 5.14 Å². The third-order valence-corrected chi connectivity index (χ3v) is 4.20. The number of anilines is 1. The predicted molar refractivity (Wildman–Crippen MR) is 75.5 cm³/mol. The van der Waals surface area contributed by atoms with Crippen LogP contribution >= 0.6 is 0 Å². The first-order valence-corrected chi connectivity index (χ1v) is 8.10. The topological polar surface area (TPSA) is 89.3 Å². The third-order valence-electron chi connectivity index (χ3n) is 3.23.